The first-order valence-corrected chi connectivity index (χ1v) is 5.85. The molecule has 0 radical (unpaired) electrons. The number of amides is 1. The van der Waals surface area contributed by atoms with Crippen molar-refractivity contribution in [2.45, 2.75) is 26.2 Å². The minimum atomic E-state index is -0.486. The maximum atomic E-state index is 10.7. The van der Waals surface area contributed by atoms with Crippen LogP contribution in [0.3, 0.4) is 0 Å². The Kier molecular flexibility index (Phi) is 9.76. The Hall–Kier alpha value is -1.06. The predicted molar refractivity (Wildman–Crippen MR) is 65.9 cm³/mol. The number of carbonyl (C=O) groups excluding carboxylic acids is 1. The maximum Gasteiger partial charge on any atom is 0.274 e. The highest BCUT2D eigenvalue weighted by molar-refractivity contribution is 6.17. The third-order valence-corrected chi connectivity index (χ3v) is 2.14. The van der Waals surface area contributed by atoms with Gasteiger partial charge < -0.3 is 0 Å². The molecule has 0 spiro atoms. The Morgan fingerprint density at radius 2 is 1.94 bits per heavy atom. The number of hydroxylamine groups is 1. The van der Waals surface area contributed by atoms with Crippen molar-refractivity contribution in [2.24, 2.45) is 0 Å². The minimum Gasteiger partial charge on any atom is -0.288 e. The van der Waals surface area contributed by atoms with Gasteiger partial charge in [0.15, 0.2) is 0 Å². The number of nitrogens with one attached hydrogen (secondary N) is 1. The highest BCUT2D eigenvalue weighted by Crippen LogP contribution is 1.96. The van der Waals surface area contributed by atoms with Crippen molar-refractivity contribution < 1.29 is 10.0 Å². The van der Waals surface area contributed by atoms with Gasteiger partial charge in [-0.3, -0.25) is 10.0 Å². The van der Waals surface area contributed by atoms with Gasteiger partial charge in [-0.2, -0.15) is 0 Å². The summed E-state index contributed by atoms with van der Waals surface area (Å²) >= 11 is 5.38. The van der Waals surface area contributed by atoms with Gasteiger partial charge in [-0.15, -0.1) is 11.6 Å². The monoisotopic (exact) mass is 243 g/mol. The van der Waals surface area contributed by atoms with Gasteiger partial charge in [-0.25, -0.2) is 5.48 Å². The summed E-state index contributed by atoms with van der Waals surface area (Å²) < 4.78 is 0. The van der Waals surface area contributed by atoms with Gasteiger partial charge >= 0.3 is 0 Å². The van der Waals surface area contributed by atoms with Gasteiger partial charge in [0.2, 0.25) is 0 Å². The van der Waals surface area contributed by atoms with Crippen molar-refractivity contribution in [2.75, 3.05) is 5.88 Å². The van der Waals surface area contributed by atoms with Crippen molar-refractivity contribution in [3.8, 4) is 0 Å². The summed E-state index contributed by atoms with van der Waals surface area (Å²) in [5, 5.41) is 8.19. The number of alkyl halides is 1. The molecule has 0 aromatic heterocycles. The Balaban J connectivity index is 0.000000325. The first-order valence-electron chi connectivity index (χ1n) is 5.31. The largest absolute Gasteiger partial charge is 0.288 e. The molecule has 0 atom stereocenters. The highest BCUT2D eigenvalue weighted by Gasteiger charge is 1.99. The van der Waals surface area contributed by atoms with E-state index in [1.807, 2.05) is 0 Å². The number of benzene rings is 1. The minimum absolute atomic E-state index is 0.449. The molecule has 2 N–H and O–H groups in total. The van der Waals surface area contributed by atoms with Crippen LogP contribution >= 0.6 is 11.6 Å². The van der Waals surface area contributed by atoms with Crippen LogP contribution in [0.4, 0.5) is 0 Å². The van der Waals surface area contributed by atoms with Crippen LogP contribution in [0, 0.1) is 0 Å². The fourth-order valence-corrected chi connectivity index (χ4v) is 1.19. The third kappa shape index (κ3) is 7.26. The molecule has 4 heteroatoms. The summed E-state index contributed by atoms with van der Waals surface area (Å²) in [7, 11) is 0. The van der Waals surface area contributed by atoms with Gasteiger partial charge in [-0.05, 0) is 18.6 Å². The van der Waals surface area contributed by atoms with Gasteiger partial charge in [0.1, 0.15) is 0 Å². The lowest BCUT2D eigenvalue weighted by atomic mass is 10.2. The molecule has 0 saturated carbocycles. The number of halogens is 1. The van der Waals surface area contributed by atoms with E-state index in [0.29, 0.717) is 5.56 Å². The van der Waals surface area contributed by atoms with Crippen molar-refractivity contribution in [3.05, 3.63) is 35.9 Å². The average molecular weight is 244 g/mol. The molecule has 0 aliphatic heterocycles. The van der Waals surface area contributed by atoms with Gasteiger partial charge in [0, 0.05) is 11.4 Å². The molecule has 1 aromatic carbocycles. The predicted octanol–water partition coefficient (Wildman–Crippen LogP) is 3.22. The number of hydrogen-bond acceptors (Lipinski definition) is 2. The Morgan fingerprint density at radius 1 is 1.31 bits per heavy atom. The van der Waals surface area contributed by atoms with E-state index >= 15 is 0 Å². The molecule has 0 heterocycles. The summed E-state index contributed by atoms with van der Waals surface area (Å²) in [4.78, 5) is 10.7. The smallest absolute Gasteiger partial charge is 0.274 e. The topological polar surface area (TPSA) is 49.3 Å². The average Bonchev–Trinajstić information content (AvgIpc) is 2.37. The van der Waals surface area contributed by atoms with E-state index in [1.165, 1.54) is 19.3 Å². The van der Waals surface area contributed by atoms with Crippen LogP contribution in [0.25, 0.3) is 0 Å². The summed E-state index contributed by atoms with van der Waals surface area (Å²) in [5.41, 5.74) is 1.99. The fourth-order valence-electron chi connectivity index (χ4n) is 0.999. The molecule has 0 aliphatic rings. The quantitative estimate of drug-likeness (QED) is 0.369. The molecule has 0 fully saturated rings. The first-order chi connectivity index (χ1) is 7.76. The molecule has 3 nitrogen and oxygen atoms in total. The molecule has 1 aromatic rings. The molecule has 90 valence electrons. The van der Waals surface area contributed by atoms with Gasteiger partial charge in [0.25, 0.3) is 5.91 Å². The standard InChI is InChI=1S/C7H7NO2.C5H11Cl/c9-7(8-10)6-4-2-1-3-5-6;1-2-3-4-5-6/h1-5,10H,(H,8,9);2-5H2,1H3. The zero-order chi connectivity index (χ0) is 12.2. The lowest BCUT2D eigenvalue weighted by Crippen LogP contribution is -2.18. The van der Waals surface area contributed by atoms with Crippen molar-refractivity contribution >= 4 is 17.5 Å². The molecule has 0 aliphatic carbocycles. The van der Waals surface area contributed by atoms with Crippen molar-refractivity contribution in [1.29, 1.82) is 0 Å². The number of carbonyl (C=O) groups is 1. The van der Waals surface area contributed by atoms with Crippen LogP contribution in [0.15, 0.2) is 30.3 Å². The number of rotatable bonds is 4. The van der Waals surface area contributed by atoms with E-state index in [0.717, 1.165) is 5.88 Å². The molecule has 1 amide bonds. The molecule has 0 unspecified atom stereocenters. The molecule has 0 bridgehead atoms. The molecular weight excluding hydrogens is 226 g/mol. The number of hydrogen-bond donors (Lipinski definition) is 2. The zero-order valence-electron chi connectivity index (χ0n) is 9.45. The van der Waals surface area contributed by atoms with E-state index in [9.17, 15) is 4.79 Å². The van der Waals surface area contributed by atoms with Crippen LogP contribution in [0.5, 0.6) is 0 Å². The van der Waals surface area contributed by atoms with E-state index in [-0.39, 0.29) is 0 Å². The SMILES string of the molecule is CCCCCCl.O=C(NO)c1ccccc1. The summed E-state index contributed by atoms with van der Waals surface area (Å²) in [6.07, 6.45) is 3.73. The van der Waals surface area contributed by atoms with E-state index < -0.39 is 5.91 Å². The Bertz CT molecular complexity index is 274. The van der Waals surface area contributed by atoms with Crippen LogP contribution in [0.2, 0.25) is 0 Å². The Labute approximate surface area is 101 Å². The van der Waals surface area contributed by atoms with Crippen molar-refractivity contribution in [3.63, 3.8) is 0 Å². The molecule has 0 saturated heterocycles. The van der Waals surface area contributed by atoms with Crippen molar-refractivity contribution in [1.82, 2.24) is 5.48 Å². The summed E-state index contributed by atoms with van der Waals surface area (Å²) in [5.74, 6) is 0.342. The van der Waals surface area contributed by atoms with Crippen LogP contribution in [-0.4, -0.2) is 17.0 Å². The second kappa shape index (κ2) is 10.5. The lowest BCUT2D eigenvalue weighted by Gasteiger charge is -1.94. The van der Waals surface area contributed by atoms with Gasteiger partial charge in [0.05, 0.1) is 0 Å². The molecular formula is C12H18ClNO2. The third-order valence-electron chi connectivity index (χ3n) is 1.87. The highest BCUT2D eigenvalue weighted by atomic mass is 35.5. The number of unbranched alkanes of at least 4 members (excludes halogenated alkanes) is 2. The summed E-state index contributed by atoms with van der Waals surface area (Å²) in [6, 6.07) is 8.49. The van der Waals surface area contributed by atoms with Crippen LogP contribution in [0.1, 0.15) is 36.5 Å². The first kappa shape index (κ1) is 14.9. The zero-order valence-corrected chi connectivity index (χ0v) is 10.2. The second-order valence-electron chi connectivity index (χ2n) is 3.20. The normalized spacial score (nSPS) is 8.94. The maximum absolute atomic E-state index is 10.7. The second-order valence-corrected chi connectivity index (χ2v) is 3.58. The molecule has 1 rings (SSSR count). The van der Waals surface area contributed by atoms with Crippen LogP contribution in [-0.2, 0) is 0 Å². The summed E-state index contributed by atoms with van der Waals surface area (Å²) in [6.45, 7) is 2.17. The fraction of sp³-hybridized carbons (Fsp3) is 0.417. The van der Waals surface area contributed by atoms with E-state index in [2.05, 4.69) is 6.92 Å². The lowest BCUT2D eigenvalue weighted by molar-refractivity contribution is 0.0706. The van der Waals surface area contributed by atoms with E-state index in [4.69, 9.17) is 16.8 Å². The van der Waals surface area contributed by atoms with Gasteiger partial charge in [-0.1, -0.05) is 38.0 Å². The van der Waals surface area contributed by atoms with Crippen LogP contribution < -0.4 is 5.48 Å². The van der Waals surface area contributed by atoms with E-state index in [1.54, 1.807) is 35.8 Å². The Morgan fingerprint density at radius 3 is 2.31 bits per heavy atom. The molecule has 16 heavy (non-hydrogen) atoms.